The summed E-state index contributed by atoms with van der Waals surface area (Å²) >= 11 is 0. The number of rotatable bonds is 4. The van der Waals surface area contributed by atoms with Gasteiger partial charge < -0.3 is 9.64 Å². The van der Waals surface area contributed by atoms with Crippen LogP contribution in [0, 0.1) is 0 Å². The molecule has 1 aromatic rings. The minimum absolute atomic E-state index is 0.131. The van der Waals surface area contributed by atoms with Crippen LogP contribution in [0.3, 0.4) is 0 Å². The van der Waals surface area contributed by atoms with Crippen LogP contribution < -0.4 is 4.90 Å². The van der Waals surface area contributed by atoms with Crippen molar-refractivity contribution in [3.8, 4) is 0 Å². The molecule has 1 saturated heterocycles. The first kappa shape index (κ1) is 14.9. The zero-order chi connectivity index (χ0) is 14.6. The summed E-state index contributed by atoms with van der Waals surface area (Å²) < 4.78 is 4.98. The third-order valence-corrected chi connectivity index (χ3v) is 4.41. The summed E-state index contributed by atoms with van der Waals surface area (Å²) in [5, 5.41) is 0. The second kappa shape index (κ2) is 6.27. The highest BCUT2D eigenvalue weighted by molar-refractivity contribution is 5.80. The van der Waals surface area contributed by atoms with E-state index >= 15 is 0 Å². The van der Waals surface area contributed by atoms with Crippen LogP contribution in [-0.2, 0) is 9.53 Å². The predicted octanol–water partition coefficient (Wildman–Crippen LogP) is 2.15. The van der Waals surface area contributed by atoms with Gasteiger partial charge in [0.15, 0.2) is 0 Å². The van der Waals surface area contributed by atoms with E-state index in [2.05, 4.69) is 34.1 Å². The second-order valence-electron chi connectivity index (χ2n) is 5.43. The van der Waals surface area contributed by atoms with E-state index in [1.807, 2.05) is 19.9 Å². The number of hydrogen-bond donors (Lipinski definition) is 0. The predicted molar refractivity (Wildman–Crippen MR) is 80.9 cm³/mol. The normalized spacial score (nSPS) is 19.4. The largest absolute Gasteiger partial charge is 0.468 e. The van der Waals surface area contributed by atoms with Crippen molar-refractivity contribution < 1.29 is 9.53 Å². The molecule has 0 unspecified atom stereocenters. The van der Waals surface area contributed by atoms with Crippen molar-refractivity contribution in [2.45, 2.75) is 25.8 Å². The molecule has 0 radical (unpaired) electrons. The Balaban J connectivity index is 2.02. The minimum atomic E-state index is -0.502. The van der Waals surface area contributed by atoms with Gasteiger partial charge in [-0.05, 0) is 25.5 Å². The zero-order valence-electron chi connectivity index (χ0n) is 12.6. The lowest BCUT2D eigenvalue weighted by molar-refractivity contribution is -0.155. The Morgan fingerprint density at radius 2 is 1.80 bits per heavy atom. The van der Waals surface area contributed by atoms with Gasteiger partial charge in [0.1, 0.15) is 5.54 Å². The van der Waals surface area contributed by atoms with Crippen LogP contribution in [-0.4, -0.2) is 49.7 Å². The SMILES string of the molecule is CC[C@@](C)(C(=O)OC)N1CCN(c2ccccc2)CC1. The third kappa shape index (κ3) is 2.80. The fraction of sp³-hybridized carbons (Fsp3) is 0.562. The van der Waals surface area contributed by atoms with Gasteiger partial charge in [0.05, 0.1) is 7.11 Å². The molecule has 0 saturated carbocycles. The van der Waals surface area contributed by atoms with Gasteiger partial charge in [-0.15, -0.1) is 0 Å². The number of carbonyl (C=O) groups is 1. The van der Waals surface area contributed by atoms with Crippen molar-refractivity contribution in [3.05, 3.63) is 30.3 Å². The maximum Gasteiger partial charge on any atom is 0.325 e. The quantitative estimate of drug-likeness (QED) is 0.789. The van der Waals surface area contributed by atoms with Crippen molar-refractivity contribution >= 4 is 11.7 Å². The second-order valence-corrected chi connectivity index (χ2v) is 5.43. The Hall–Kier alpha value is -1.55. The summed E-state index contributed by atoms with van der Waals surface area (Å²) in [6, 6.07) is 10.4. The van der Waals surface area contributed by atoms with Crippen LogP contribution in [0.5, 0.6) is 0 Å². The Morgan fingerprint density at radius 3 is 2.30 bits per heavy atom. The lowest BCUT2D eigenvalue weighted by Crippen LogP contribution is -2.59. The van der Waals surface area contributed by atoms with Crippen LogP contribution in [0.2, 0.25) is 0 Å². The van der Waals surface area contributed by atoms with E-state index in [9.17, 15) is 4.79 Å². The average molecular weight is 276 g/mol. The summed E-state index contributed by atoms with van der Waals surface area (Å²) in [6.45, 7) is 7.67. The maximum atomic E-state index is 12.0. The van der Waals surface area contributed by atoms with Gasteiger partial charge in [-0.25, -0.2) is 0 Å². The fourth-order valence-electron chi connectivity index (χ4n) is 2.81. The molecule has 1 heterocycles. The molecular formula is C16H24N2O2. The van der Waals surface area contributed by atoms with Crippen molar-refractivity contribution in [1.29, 1.82) is 0 Å². The van der Waals surface area contributed by atoms with Crippen LogP contribution in [0.15, 0.2) is 30.3 Å². The van der Waals surface area contributed by atoms with Gasteiger partial charge in [0.25, 0.3) is 0 Å². The van der Waals surface area contributed by atoms with Crippen molar-refractivity contribution in [3.63, 3.8) is 0 Å². The van der Waals surface area contributed by atoms with Crippen LogP contribution in [0.1, 0.15) is 20.3 Å². The number of para-hydroxylation sites is 1. The topological polar surface area (TPSA) is 32.8 Å². The number of hydrogen-bond acceptors (Lipinski definition) is 4. The number of piperazine rings is 1. The molecule has 4 nitrogen and oxygen atoms in total. The minimum Gasteiger partial charge on any atom is -0.468 e. The summed E-state index contributed by atoms with van der Waals surface area (Å²) in [4.78, 5) is 16.7. The summed E-state index contributed by atoms with van der Waals surface area (Å²) in [5.74, 6) is -0.131. The average Bonchev–Trinajstić information content (AvgIpc) is 2.54. The Morgan fingerprint density at radius 1 is 1.20 bits per heavy atom. The summed E-state index contributed by atoms with van der Waals surface area (Å²) in [5.41, 5.74) is 0.751. The van der Waals surface area contributed by atoms with E-state index < -0.39 is 5.54 Å². The molecule has 20 heavy (non-hydrogen) atoms. The number of carbonyl (C=O) groups excluding carboxylic acids is 1. The zero-order valence-corrected chi connectivity index (χ0v) is 12.6. The Labute approximate surface area is 121 Å². The molecule has 1 aliphatic heterocycles. The van der Waals surface area contributed by atoms with E-state index in [4.69, 9.17) is 4.74 Å². The molecule has 1 aliphatic rings. The molecule has 0 bridgehead atoms. The van der Waals surface area contributed by atoms with E-state index in [0.717, 1.165) is 32.6 Å². The van der Waals surface area contributed by atoms with Crippen LogP contribution in [0.4, 0.5) is 5.69 Å². The molecule has 4 heteroatoms. The molecule has 0 N–H and O–H groups in total. The first-order chi connectivity index (χ1) is 9.61. The van der Waals surface area contributed by atoms with Crippen molar-refractivity contribution in [2.75, 3.05) is 38.2 Å². The molecule has 0 aromatic heterocycles. The Kier molecular flexibility index (Phi) is 4.65. The molecule has 0 spiro atoms. The van der Waals surface area contributed by atoms with Crippen LogP contribution >= 0.6 is 0 Å². The molecule has 1 aromatic carbocycles. The molecule has 1 atom stereocenters. The number of anilines is 1. The van der Waals surface area contributed by atoms with E-state index in [1.54, 1.807) is 0 Å². The first-order valence-electron chi connectivity index (χ1n) is 7.25. The number of esters is 1. The van der Waals surface area contributed by atoms with Crippen molar-refractivity contribution in [1.82, 2.24) is 4.90 Å². The number of benzene rings is 1. The molecule has 1 fully saturated rings. The first-order valence-corrected chi connectivity index (χ1v) is 7.25. The molecular weight excluding hydrogens is 252 g/mol. The van der Waals surface area contributed by atoms with Gasteiger partial charge in [-0.2, -0.15) is 0 Å². The highest BCUT2D eigenvalue weighted by atomic mass is 16.5. The summed E-state index contributed by atoms with van der Waals surface area (Å²) in [6.07, 6.45) is 0.769. The number of methoxy groups -OCH3 is 1. The molecule has 2 rings (SSSR count). The number of ether oxygens (including phenoxy) is 1. The van der Waals surface area contributed by atoms with Gasteiger partial charge >= 0.3 is 5.97 Å². The maximum absolute atomic E-state index is 12.0. The van der Waals surface area contributed by atoms with E-state index in [1.165, 1.54) is 12.8 Å². The number of nitrogens with zero attached hydrogens (tertiary/aromatic N) is 2. The van der Waals surface area contributed by atoms with Gasteiger partial charge in [0, 0.05) is 31.9 Å². The Bertz CT molecular complexity index is 441. The van der Waals surface area contributed by atoms with Gasteiger partial charge in [-0.1, -0.05) is 25.1 Å². The van der Waals surface area contributed by atoms with E-state index in [-0.39, 0.29) is 5.97 Å². The standard InChI is InChI=1S/C16H24N2O2/c1-4-16(2,15(19)20-3)18-12-10-17(11-13-18)14-8-6-5-7-9-14/h5-9H,4,10-13H2,1-3H3/t16-/m0/s1. The molecule has 0 amide bonds. The smallest absolute Gasteiger partial charge is 0.325 e. The van der Waals surface area contributed by atoms with Crippen LogP contribution in [0.25, 0.3) is 0 Å². The van der Waals surface area contributed by atoms with E-state index in [0.29, 0.717) is 0 Å². The molecule has 0 aliphatic carbocycles. The third-order valence-electron chi connectivity index (χ3n) is 4.41. The monoisotopic (exact) mass is 276 g/mol. The highest BCUT2D eigenvalue weighted by Crippen LogP contribution is 2.24. The highest BCUT2D eigenvalue weighted by Gasteiger charge is 2.40. The lowest BCUT2D eigenvalue weighted by Gasteiger charge is -2.44. The van der Waals surface area contributed by atoms with Gasteiger partial charge in [-0.3, -0.25) is 9.69 Å². The fourth-order valence-corrected chi connectivity index (χ4v) is 2.81. The van der Waals surface area contributed by atoms with Crippen molar-refractivity contribution in [2.24, 2.45) is 0 Å². The lowest BCUT2D eigenvalue weighted by atomic mass is 9.95. The molecule has 110 valence electrons. The van der Waals surface area contributed by atoms with Gasteiger partial charge in [0.2, 0.25) is 0 Å². The summed E-state index contributed by atoms with van der Waals surface area (Å²) in [7, 11) is 1.47.